The molecule has 154 valence electrons. The molecule has 0 N–H and O–H groups in total. The van der Waals surface area contributed by atoms with E-state index in [9.17, 15) is 9.59 Å². The summed E-state index contributed by atoms with van der Waals surface area (Å²) in [5.41, 5.74) is 5.39. The summed E-state index contributed by atoms with van der Waals surface area (Å²) in [6, 6.07) is 9.36. The van der Waals surface area contributed by atoms with E-state index in [0.717, 1.165) is 40.0 Å². The fourth-order valence-electron chi connectivity index (χ4n) is 3.98. The molecule has 3 unspecified atom stereocenters. The van der Waals surface area contributed by atoms with Crippen LogP contribution in [0.3, 0.4) is 0 Å². The van der Waals surface area contributed by atoms with Crippen LogP contribution in [0, 0.1) is 5.92 Å². The Morgan fingerprint density at radius 2 is 1.63 bits per heavy atom. The standard InChI is InChI=1S/C24H22O6/c1-5-21(25)27-14(4)23-16(18-9-10-20(23)29-18)11-13(3)24(30-22(26)6-2)17-12-15-7-8-19(17)28-15/h5-10,12-14,24H,1-2,11H2,3-4H3. The molecule has 0 aliphatic carbocycles. The zero-order valence-electron chi connectivity index (χ0n) is 16.8. The Morgan fingerprint density at radius 3 is 2.27 bits per heavy atom. The maximum atomic E-state index is 12.0. The summed E-state index contributed by atoms with van der Waals surface area (Å²) in [4.78, 5) is 23.7. The average Bonchev–Trinajstić information content (AvgIpc) is 3.52. The van der Waals surface area contributed by atoms with Gasteiger partial charge in [-0.15, -0.1) is 0 Å². The van der Waals surface area contributed by atoms with Crippen molar-refractivity contribution in [1.82, 2.24) is 0 Å². The number of fused-ring (bicyclic) bond motifs is 4. The van der Waals surface area contributed by atoms with Gasteiger partial charge in [-0.1, -0.05) is 20.1 Å². The van der Waals surface area contributed by atoms with Gasteiger partial charge in [0.1, 0.15) is 34.5 Å². The van der Waals surface area contributed by atoms with Gasteiger partial charge in [-0.25, -0.2) is 9.59 Å². The highest BCUT2D eigenvalue weighted by atomic mass is 16.5. The Hall–Kier alpha value is -3.54. The van der Waals surface area contributed by atoms with Gasteiger partial charge in [-0.05, 0) is 43.7 Å². The van der Waals surface area contributed by atoms with Crippen molar-refractivity contribution < 1.29 is 27.9 Å². The quantitative estimate of drug-likeness (QED) is 0.270. The first-order valence-corrected chi connectivity index (χ1v) is 9.72. The van der Waals surface area contributed by atoms with Crippen molar-refractivity contribution in [3.8, 4) is 0 Å². The van der Waals surface area contributed by atoms with Crippen molar-refractivity contribution in [2.75, 3.05) is 0 Å². The molecule has 0 aliphatic heterocycles. The summed E-state index contributed by atoms with van der Waals surface area (Å²) in [5, 5.41) is 0. The molecule has 4 aromatic rings. The molecule has 30 heavy (non-hydrogen) atoms. The maximum Gasteiger partial charge on any atom is 0.330 e. The van der Waals surface area contributed by atoms with Crippen molar-refractivity contribution in [3.63, 3.8) is 0 Å². The second kappa shape index (κ2) is 7.71. The third kappa shape index (κ3) is 3.45. The number of ether oxygens (including phenoxy) is 2. The Bertz CT molecular complexity index is 1200. The smallest absolute Gasteiger partial charge is 0.330 e. The lowest BCUT2D eigenvalue weighted by molar-refractivity contribution is -0.146. The Balaban J connectivity index is 1.64. The fourth-order valence-corrected chi connectivity index (χ4v) is 3.98. The average molecular weight is 406 g/mol. The van der Waals surface area contributed by atoms with E-state index in [2.05, 4.69) is 13.2 Å². The second-order valence-corrected chi connectivity index (χ2v) is 7.38. The van der Waals surface area contributed by atoms with E-state index in [1.165, 1.54) is 0 Å². The maximum absolute atomic E-state index is 12.0. The number of esters is 2. The highest BCUT2D eigenvalue weighted by Crippen LogP contribution is 2.40. The monoisotopic (exact) mass is 406 g/mol. The SMILES string of the molecule is C=CC(=O)OC(C)c1c(CC(C)C(OC(=O)C=C)c2cc3ccc2o3)c2ccc1o2. The molecule has 4 rings (SSSR count). The summed E-state index contributed by atoms with van der Waals surface area (Å²) in [5.74, 6) is -1.11. The molecule has 0 fully saturated rings. The van der Waals surface area contributed by atoms with Crippen molar-refractivity contribution in [2.45, 2.75) is 32.5 Å². The van der Waals surface area contributed by atoms with Gasteiger partial charge >= 0.3 is 11.9 Å². The summed E-state index contributed by atoms with van der Waals surface area (Å²) in [7, 11) is 0. The van der Waals surface area contributed by atoms with Gasteiger partial charge in [0, 0.05) is 34.8 Å². The van der Waals surface area contributed by atoms with Crippen LogP contribution in [0.2, 0.25) is 0 Å². The minimum absolute atomic E-state index is 0.110. The van der Waals surface area contributed by atoms with E-state index in [0.29, 0.717) is 17.6 Å². The minimum atomic E-state index is -0.526. The molecule has 3 atom stereocenters. The molecule has 4 aromatic heterocycles. The molecule has 0 saturated carbocycles. The Kier molecular flexibility index (Phi) is 5.08. The molecular formula is C24H22O6. The van der Waals surface area contributed by atoms with E-state index >= 15 is 0 Å². The minimum Gasteiger partial charge on any atom is -0.457 e. The van der Waals surface area contributed by atoms with Gasteiger partial charge in [0.05, 0.1) is 0 Å². The van der Waals surface area contributed by atoms with Crippen LogP contribution in [-0.2, 0) is 25.5 Å². The Morgan fingerprint density at radius 1 is 0.967 bits per heavy atom. The molecule has 0 saturated heterocycles. The molecule has 0 aliphatic rings. The number of hydrogen-bond acceptors (Lipinski definition) is 6. The van der Waals surface area contributed by atoms with E-state index in [1.807, 2.05) is 37.3 Å². The topological polar surface area (TPSA) is 78.9 Å². The van der Waals surface area contributed by atoms with Crippen LogP contribution in [0.1, 0.15) is 42.7 Å². The van der Waals surface area contributed by atoms with Crippen LogP contribution in [-0.4, -0.2) is 11.9 Å². The van der Waals surface area contributed by atoms with E-state index in [-0.39, 0.29) is 5.92 Å². The number of carbonyl (C=O) groups excluding carboxylic acids is 2. The van der Waals surface area contributed by atoms with Crippen LogP contribution in [0.25, 0.3) is 22.3 Å². The summed E-state index contributed by atoms with van der Waals surface area (Å²) in [6.07, 6.45) is 1.81. The van der Waals surface area contributed by atoms with E-state index in [1.54, 1.807) is 6.92 Å². The molecule has 6 nitrogen and oxygen atoms in total. The van der Waals surface area contributed by atoms with Gasteiger partial charge in [-0.2, -0.15) is 0 Å². The predicted octanol–water partition coefficient (Wildman–Crippen LogP) is 5.49. The molecule has 0 aromatic carbocycles. The molecule has 4 bridgehead atoms. The molecule has 0 spiro atoms. The van der Waals surface area contributed by atoms with Gasteiger partial charge in [0.2, 0.25) is 0 Å². The van der Waals surface area contributed by atoms with Gasteiger partial charge < -0.3 is 18.3 Å². The molecular weight excluding hydrogens is 384 g/mol. The third-order valence-electron chi connectivity index (χ3n) is 5.33. The largest absolute Gasteiger partial charge is 0.457 e. The molecule has 6 heteroatoms. The number of carbonyl (C=O) groups is 2. The number of benzene rings is 2. The lowest BCUT2D eigenvalue weighted by Gasteiger charge is -2.24. The summed E-state index contributed by atoms with van der Waals surface area (Å²) < 4.78 is 22.6. The highest BCUT2D eigenvalue weighted by Gasteiger charge is 2.31. The normalized spacial score (nSPS) is 14.6. The predicted molar refractivity (Wildman–Crippen MR) is 111 cm³/mol. The van der Waals surface area contributed by atoms with Crippen LogP contribution >= 0.6 is 0 Å². The van der Waals surface area contributed by atoms with Crippen molar-refractivity contribution >= 4 is 34.3 Å². The van der Waals surface area contributed by atoms with Crippen LogP contribution in [0.5, 0.6) is 0 Å². The van der Waals surface area contributed by atoms with Gasteiger partial charge in [-0.3, -0.25) is 0 Å². The van der Waals surface area contributed by atoms with Gasteiger partial charge in [0.25, 0.3) is 0 Å². The lowest BCUT2D eigenvalue weighted by Crippen LogP contribution is -2.19. The molecule has 0 radical (unpaired) electrons. The van der Waals surface area contributed by atoms with Crippen molar-refractivity contribution in [2.24, 2.45) is 5.92 Å². The third-order valence-corrected chi connectivity index (χ3v) is 5.33. The summed E-state index contributed by atoms with van der Waals surface area (Å²) >= 11 is 0. The van der Waals surface area contributed by atoms with Crippen LogP contribution in [0.15, 0.2) is 64.5 Å². The summed E-state index contributed by atoms with van der Waals surface area (Å²) in [6.45, 7) is 10.7. The number of rotatable bonds is 9. The van der Waals surface area contributed by atoms with Gasteiger partial charge in [0.15, 0.2) is 0 Å². The van der Waals surface area contributed by atoms with E-state index < -0.39 is 24.1 Å². The van der Waals surface area contributed by atoms with Crippen molar-refractivity contribution in [3.05, 3.63) is 72.3 Å². The van der Waals surface area contributed by atoms with Crippen LogP contribution in [0.4, 0.5) is 0 Å². The number of furan rings is 4. The lowest BCUT2D eigenvalue weighted by atomic mass is 9.88. The second-order valence-electron chi connectivity index (χ2n) is 7.38. The first-order chi connectivity index (χ1) is 14.4. The highest BCUT2D eigenvalue weighted by molar-refractivity contribution is 5.82. The number of hydrogen-bond donors (Lipinski definition) is 0. The Labute approximate surface area is 173 Å². The fraction of sp³-hybridized carbons (Fsp3) is 0.250. The zero-order valence-corrected chi connectivity index (χ0v) is 16.8. The first-order valence-electron chi connectivity index (χ1n) is 9.72. The first kappa shape index (κ1) is 19.8. The van der Waals surface area contributed by atoms with Crippen molar-refractivity contribution in [1.29, 1.82) is 0 Å². The van der Waals surface area contributed by atoms with Crippen LogP contribution < -0.4 is 0 Å². The zero-order chi connectivity index (χ0) is 21.4. The molecule has 0 amide bonds. The van der Waals surface area contributed by atoms with E-state index in [4.69, 9.17) is 18.3 Å². The molecule has 4 heterocycles.